The fourth-order valence-corrected chi connectivity index (χ4v) is 2.17. The van der Waals surface area contributed by atoms with Crippen LogP contribution in [0.1, 0.15) is 26.3 Å². The lowest BCUT2D eigenvalue weighted by Crippen LogP contribution is -1.86. The third-order valence-corrected chi connectivity index (χ3v) is 3.46. The highest BCUT2D eigenvalue weighted by molar-refractivity contribution is 7.98. The third-order valence-electron chi connectivity index (χ3n) is 2.28. The fraction of sp³-hybridized carbons (Fsp3) is 0.385. The lowest BCUT2D eigenvalue weighted by Gasteiger charge is -2.04. The second-order valence-corrected chi connectivity index (χ2v) is 4.74. The van der Waals surface area contributed by atoms with Crippen LogP contribution in [0.25, 0.3) is 0 Å². The first-order valence-electron chi connectivity index (χ1n) is 4.95. The molecule has 1 aromatic carbocycles. The number of rotatable bonds is 4. The standard InChI is InChI=1S/C13H18S/c1-11(2)12(3)9-14-10-13-7-5-4-6-8-13/h4-8H,9-10H2,1-3H3. The van der Waals surface area contributed by atoms with Crippen LogP contribution in [-0.2, 0) is 5.75 Å². The summed E-state index contributed by atoms with van der Waals surface area (Å²) in [5.41, 5.74) is 4.37. The van der Waals surface area contributed by atoms with Crippen LogP contribution in [0.5, 0.6) is 0 Å². The molecule has 0 N–H and O–H groups in total. The maximum absolute atomic E-state index is 2.22. The molecule has 0 bridgehead atoms. The Bertz CT molecular complexity index is 294. The van der Waals surface area contributed by atoms with E-state index in [0.717, 1.165) is 11.5 Å². The molecule has 0 saturated heterocycles. The first-order valence-corrected chi connectivity index (χ1v) is 6.10. The second-order valence-electron chi connectivity index (χ2n) is 3.76. The summed E-state index contributed by atoms with van der Waals surface area (Å²) in [4.78, 5) is 0. The Morgan fingerprint density at radius 2 is 1.71 bits per heavy atom. The molecule has 0 fully saturated rings. The summed E-state index contributed by atoms with van der Waals surface area (Å²) >= 11 is 1.98. The molecule has 1 aromatic rings. The van der Waals surface area contributed by atoms with Gasteiger partial charge in [-0.25, -0.2) is 0 Å². The first-order chi connectivity index (χ1) is 6.70. The average molecular weight is 206 g/mol. The topological polar surface area (TPSA) is 0 Å². The summed E-state index contributed by atoms with van der Waals surface area (Å²) in [7, 11) is 0. The van der Waals surface area contributed by atoms with E-state index in [0.29, 0.717) is 0 Å². The van der Waals surface area contributed by atoms with E-state index in [1.807, 2.05) is 11.8 Å². The third kappa shape index (κ3) is 4.01. The quantitative estimate of drug-likeness (QED) is 0.663. The number of thioether (sulfide) groups is 1. The van der Waals surface area contributed by atoms with E-state index < -0.39 is 0 Å². The van der Waals surface area contributed by atoms with Gasteiger partial charge < -0.3 is 0 Å². The molecule has 0 aliphatic carbocycles. The van der Waals surface area contributed by atoms with Crippen LogP contribution in [-0.4, -0.2) is 5.75 Å². The Morgan fingerprint density at radius 3 is 2.29 bits per heavy atom. The Morgan fingerprint density at radius 1 is 1.07 bits per heavy atom. The van der Waals surface area contributed by atoms with E-state index in [2.05, 4.69) is 51.1 Å². The molecule has 0 unspecified atom stereocenters. The van der Waals surface area contributed by atoms with Gasteiger partial charge in [-0.3, -0.25) is 0 Å². The second kappa shape index (κ2) is 5.92. The van der Waals surface area contributed by atoms with Crippen LogP contribution in [0, 0.1) is 0 Å². The zero-order chi connectivity index (χ0) is 10.4. The molecule has 0 heterocycles. The molecule has 0 nitrogen and oxygen atoms in total. The first kappa shape index (κ1) is 11.4. The number of hydrogen-bond acceptors (Lipinski definition) is 1. The van der Waals surface area contributed by atoms with Crippen molar-refractivity contribution in [2.45, 2.75) is 26.5 Å². The predicted octanol–water partition coefficient (Wildman–Crippen LogP) is 4.28. The van der Waals surface area contributed by atoms with Gasteiger partial charge in [0.05, 0.1) is 0 Å². The van der Waals surface area contributed by atoms with Gasteiger partial charge in [0.2, 0.25) is 0 Å². The minimum atomic E-state index is 1.12. The van der Waals surface area contributed by atoms with Crippen LogP contribution in [0.3, 0.4) is 0 Å². The molecule has 1 rings (SSSR count). The summed E-state index contributed by atoms with van der Waals surface area (Å²) in [5, 5.41) is 0. The normalized spacial score (nSPS) is 9.93. The molecule has 1 heteroatoms. The van der Waals surface area contributed by atoms with E-state index >= 15 is 0 Å². The van der Waals surface area contributed by atoms with E-state index in [4.69, 9.17) is 0 Å². The van der Waals surface area contributed by atoms with Gasteiger partial charge in [0.25, 0.3) is 0 Å². The number of hydrogen-bond donors (Lipinski definition) is 0. The predicted molar refractivity (Wildman–Crippen MR) is 66.7 cm³/mol. The van der Waals surface area contributed by atoms with Gasteiger partial charge in [-0.2, -0.15) is 11.8 Å². The smallest absolute Gasteiger partial charge is 0.0187 e. The van der Waals surface area contributed by atoms with Crippen molar-refractivity contribution in [2.75, 3.05) is 5.75 Å². The molecule has 0 amide bonds. The van der Waals surface area contributed by atoms with E-state index in [9.17, 15) is 0 Å². The average Bonchev–Trinajstić information content (AvgIpc) is 2.19. The fourth-order valence-electron chi connectivity index (χ4n) is 1.04. The van der Waals surface area contributed by atoms with Gasteiger partial charge in [-0.05, 0) is 26.3 Å². The molecule has 0 aliphatic heterocycles. The van der Waals surface area contributed by atoms with Crippen molar-refractivity contribution in [3.8, 4) is 0 Å². The SMILES string of the molecule is CC(C)=C(C)CSCc1ccccc1. The van der Waals surface area contributed by atoms with Crippen molar-refractivity contribution >= 4 is 11.8 Å². The molecular weight excluding hydrogens is 188 g/mol. The maximum Gasteiger partial charge on any atom is 0.0187 e. The minimum Gasteiger partial charge on any atom is -0.153 e. The summed E-state index contributed by atoms with van der Waals surface area (Å²) in [6.45, 7) is 6.57. The van der Waals surface area contributed by atoms with Crippen LogP contribution in [0.4, 0.5) is 0 Å². The molecule has 0 aromatic heterocycles. The van der Waals surface area contributed by atoms with Gasteiger partial charge in [-0.1, -0.05) is 41.5 Å². The molecule has 0 saturated carbocycles. The molecule has 0 radical (unpaired) electrons. The molecule has 0 atom stereocenters. The molecule has 14 heavy (non-hydrogen) atoms. The van der Waals surface area contributed by atoms with Gasteiger partial charge in [0, 0.05) is 11.5 Å². The van der Waals surface area contributed by atoms with E-state index in [1.54, 1.807) is 0 Å². The molecule has 76 valence electrons. The van der Waals surface area contributed by atoms with Crippen molar-refractivity contribution in [3.63, 3.8) is 0 Å². The van der Waals surface area contributed by atoms with Crippen LogP contribution >= 0.6 is 11.8 Å². The van der Waals surface area contributed by atoms with Crippen molar-refractivity contribution in [1.82, 2.24) is 0 Å². The highest BCUT2D eigenvalue weighted by Gasteiger charge is 1.95. The van der Waals surface area contributed by atoms with Gasteiger partial charge in [0.15, 0.2) is 0 Å². The Kier molecular flexibility index (Phi) is 4.81. The number of benzene rings is 1. The van der Waals surface area contributed by atoms with Crippen molar-refractivity contribution < 1.29 is 0 Å². The summed E-state index contributed by atoms with van der Waals surface area (Å²) in [6, 6.07) is 10.6. The van der Waals surface area contributed by atoms with Gasteiger partial charge >= 0.3 is 0 Å². The summed E-state index contributed by atoms with van der Waals surface area (Å²) in [5.74, 6) is 2.27. The Balaban J connectivity index is 2.33. The van der Waals surface area contributed by atoms with Crippen LogP contribution in [0.15, 0.2) is 41.5 Å². The van der Waals surface area contributed by atoms with Crippen LogP contribution < -0.4 is 0 Å². The Hall–Kier alpha value is -0.690. The highest BCUT2D eigenvalue weighted by atomic mass is 32.2. The zero-order valence-corrected chi connectivity index (χ0v) is 10.0. The Labute approximate surface area is 91.4 Å². The maximum atomic E-state index is 2.22. The van der Waals surface area contributed by atoms with Crippen molar-refractivity contribution in [1.29, 1.82) is 0 Å². The van der Waals surface area contributed by atoms with Crippen molar-refractivity contribution in [2.24, 2.45) is 0 Å². The minimum absolute atomic E-state index is 1.12. The van der Waals surface area contributed by atoms with Gasteiger partial charge in [0.1, 0.15) is 0 Å². The lowest BCUT2D eigenvalue weighted by molar-refractivity contribution is 1.24. The zero-order valence-electron chi connectivity index (χ0n) is 9.21. The lowest BCUT2D eigenvalue weighted by atomic mass is 10.2. The largest absolute Gasteiger partial charge is 0.153 e. The van der Waals surface area contributed by atoms with Crippen LogP contribution in [0.2, 0.25) is 0 Å². The van der Waals surface area contributed by atoms with E-state index in [-0.39, 0.29) is 0 Å². The number of allylic oxidation sites excluding steroid dienone is 1. The summed E-state index contributed by atoms with van der Waals surface area (Å²) in [6.07, 6.45) is 0. The molecular formula is C13H18S. The molecule has 0 spiro atoms. The van der Waals surface area contributed by atoms with Gasteiger partial charge in [-0.15, -0.1) is 0 Å². The highest BCUT2D eigenvalue weighted by Crippen LogP contribution is 2.16. The molecule has 0 aliphatic rings. The van der Waals surface area contributed by atoms with E-state index in [1.165, 1.54) is 16.7 Å². The summed E-state index contributed by atoms with van der Waals surface area (Å²) < 4.78 is 0. The monoisotopic (exact) mass is 206 g/mol. The van der Waals surface area contributed by atoms with Crippen molar-refractivity contribution in [3.05, 3.63) is 47.0 Å².